The Morgan fingerprint density at radius 3 is 2.56 bits per heavy atom. The lowest BCUT2D eigenvalue weighted by atomic mass is 9.88. The number of hydrogen-bond acceptors (Lipinski definition) is 3. The number of carbonyl (C=O) groups is 2. The van der Waals surface area contributed by atoms with E-state index in [-0.39, 0.29) is 16.4 Å². The fourth-order valence-corrected chi connectivity index (χ4v) is 4.50. The number of amides is 2. The summed E-state index contributed by atoms with van der Waals surface area (Å²) < 4.78 is 0. The van der Waals surface area contributed by atoms with Crippen LogP contribution in [0.25, 0.3) is 10.9 Å². The molecule has 1 aliphatic carbocycles. The Morgan fingerprint density at radius 1 is 1.12 bits per heavy atom. The molecule has 4 rings (SSSR count). The van der Waals surface area contributed by atoms with Crippen molar-refractivity contribution in [1.82, 2.24) is 10.3 Å². The Bertz CT molecular complexity index is 734. The maximum Gasteiger partial charge on any atom is 0.286 e. The number of carbonyl (C=O) groups excluding carboxylic acids is 2. The first kappa shape index (κ1) is 18.1. The third-order valence-electron chi connectivity index (χ3n) is 5.16. The number of aromatic nitrogens is 1. The van der Waals surface area contributed by atoms with Gasteiger partial charge in [-0.15, -0.1) is 0 Å². The van der Waals surface area contributed by atoms with Crippen molar-refractivity contribution in [3.63, 3.8) is 0 Å². The highest BCUT2D eigenvalue weighted by Gasteiger charge is 2.31. The monoisotopic (exact) mass is 358 g/mol. The number of aromatic amines is 1. The topological polar surface area (TPSA) is 62.0 Å². The van der Waals surface area contributed by atoms with Crippen LogP contribution in [0.5, 0.6) is 0 Å². The highest BCUT2D eigenvalue weighted by atomic mass is 32.2. The Hall–Kier alpha value is -1.75. The van der Waals surface area contributed by atoms with Gasteiger partial charge in [0.2, 0.25) is 5.91 Å². The first-order valence-electron chi connectivity index (χ1n) is 9.24. The standard InChI is InChI=1S/C12H10N2O2S.C8H16/c15-11-10(17-12(16)14-11)6-7-2-1-3-9-8(7)4-5-13-9;1-2-8-6-4-3-5-7-8/h1-5,10,13H,6H2,(H,14,15,16);8H,2-7H2,1H3. The molecule has 25 heavy (non-hydrogen) atoms. The Labute approximate surface area is 153 Å². The number of imide groups is 1. The van der Waals surface area contributed by atoms with Gasteiger partial charge in [0.25, 0.3) is 5.24 Å². The van der Waals surface area contributed by atoms with Crippen LogP contribution in [0.4, 0.5) is 4.79 Å². The molecule has 1 saturated carbocycles. The molecular formula is C20H26N2O2S. The lowest BCUT2D eigenvalue weighted by Crippen LogP contribution is -2.25. The summed E-state index contributed by atoms with van der Waals surface area (Å²) in [5.41, 5.74) is 2.14. The SMILES string of the molecule is CCC1CCCCC1.O=C1NC(=O)C(Cc2cccc3[nH]ccc23)S1. The molecule has 1 aromatic carbocycles. The van der Waals surface area contributed by atoms with Gasteiger partial charge in [0.15, 0.2) is 0 Å². The van der Waals surface area contributed by atoms with Gasteiger partial charge in [-0.3, -0.25) is 14.9 Å². The number of fused-ring (bicyclic) bond motifs is 1. The van der Waals surface area contributed by atoms with Crippen molar-refractivity contribution in [3.8, 4) is 0 Å². The first-order chi connectivity index (χ1) is 12.2. The van der Waals surface area contributed by atoms with E-state index in [1.165, 1.54) is 38.5 Å². The fraction of sp³-hybridized carbons (Fsp3) is 0.500. The van der Waals surface area contributed by atoms with Crippen molar-refractivity contribution >= 4 is 33.8 Å². The van der Waals surface area contributed by atoms with E-state index in [1.54, 1.807) is 0 Å². The molecule has 1 unspecified atom stereocenters. The smallest absolute Gasteiger partial charge is 0.286 e. The first-order valence-corrected chi connectivity index (χ1v) is 10.1. The zero-order valence-corrected chi connectivity index (χ0v) is 15.5. The van der Waals surface area contributed by atoms with Crippen LogP contribution in [0, 0.1) is 5.92 Å². The van der Waals surface area contributed by atoms with Gasteiger partial charge in [-0.1, -0.05) is 69.3 Å². The van der Waals surface area contributed by atoms with Gasteiger partial charge in [0.05, 0.1) is 5.25 Å². The average Bonchev–Trinajstić information content (AvgIpc) is 3.23. The quantitative estimate of drug-likeness (QED) is 0.808. The van der Waals surface area contributed by atoms with E-state index < -0.39 is 0 Å². The molecule has 134 valence electrons. The van der Waals surface area contributed by atoms with E-state index >= 15 is 0 Å². The minimum Gasteiger partial charge on any atom is -0.361 e. The van der Waals surface area contributed by atoms with Crippen molar-refractivity contribution in [2.24, 2.45) is 5.92 Å². The lowest BCUT2D eigenvalue weighted by Gasteiger charge is -2.18. The summed E-state index contributed by atoms with van der Waals surface area (Å²) in [6.45, 7) is 2.32. The predicted molar refractivity (Wildman–Crippen MR) is 104 cm³/mol. The highest BCUT2D eigenvalue weighted by Crippen LogP contribution is 2.27. The fourth-order valence-electron chi connectivity index (χ4n) is 3.65. The van der Waals surface area contributed by atoms with Gasteiger partial charge in [0, 0.05) is 17.1 Å². The minimum absolute atomic E-state index is 0.187. The molecule has 2 N–H and O–H groups in total. The summed E-state index contributed by atoms with van der Waals surface area (Å²) in [6.07, 6.45) is 11.4. The molecule has 2 aromatic rings. The van der Waals surface area contributed by atoms with E-state index in [4.69, 9.17) is 0 Å². The number of nitrogens with one attached hydrogen (secondary N) is 2. The second kappa shape index (κ2) is 8.56. The summed E-state index contributed by atoms with van der Waals surface area (Å²) in [5.74, 6) is 0.899. The van der Waals surface area contributed by atoms with E-state index in [1.807, 2.05) is 30.5 Å². The molecule has 1 atom stereocenters. The molecular weight excluding hydrogens is 332 g/mol. The number of rotatable bonds is 3. The van der Waals surface area contributed by atoms with Crippen molar-refractivity contribution in [3.05, 3.63) is 36.0 Å². The van der Waals surface area contributed by atoms with Gasteiger partial charge in [-0.2, -0.15) is 0 Å². The molecule has 1 aliphatic heterocycles. The van der Waals surface area contributed by atoms with E-state index in [0.29, 0.717) is 6.42 Å². The molecule has 4 nitrogen and oxygen atoms in total. The maximum absolute atomic E-state index is 11.5. The van der Waals surface area contributed by atoms with Gasteiger partial charge in [0.1, 0.15) is 0 Å². The number of benzene rings is 1. The summed E-state index contributed by atoms with van der Waals surface area (Å²) in [7, 11) is 0. The molecule has 2 heterocycles. The van der Waals surface area contributed by atoms with Crippen LogP contribution in [0.1, 0.15) is 51.0 Å². The molecule has 0 spiro atoms. The van der Waals surface area contributed by atoms with Crippen LogP contribution in [-0.4, -0.2) is 21.4 Å². The Balaban J connectivity index is 0.000000192. The van der Waals surface area contributed by atoms with E-state index in [0.717, 1.165) is 34.1 Å². The summed E-state index contributed by atoms with van der Waals surface area (Å²) in [5, 5.41) is 2.87. The minimum atomic E-state index is -0.303. The van der Waals surface area contributed by atoms with Crippen LogP contribution in [0.3, 0.4) is 0 Å². The third-order valence-corrected chi connectivity index (χ3v) is 6.14. The van der Waals surface area contributed by atoms with Crippen molar-refractivity contribution in [1.29, 1.82) is 0 Å². The molecule has 0 bridgehead atoms. The average molecular weight is 359 g/mol. The molecule has 5 heteroatoms. The number of H-pyrrole nitrogens is 1. The van der Waals surface area contributed by atoms with Gasteiger partial charge >= 0.3 is 0 Å². The summed E-state index contributed by atoms with van der Waals surface area (Å²) >= 11 is 1.07. The summed E-state index contributed by atoms with van der Waals surface area (Å²) in [6, 6.07) is 7.93. The van der Waals surface area contributed by atoms with E-state index in [2.05, 4.69) is 17.2 Å². The van der Waals surface area contributed by atoms with E-state index in [9.17, 15) is 9.59 Å². The maximum atomic E-state index is 11.5. The van der Waals surface area contributed by atoms with Crippen LogP contribution >= 0.6 is 11.8 Å². The molecule has 1 saturated heterocycles. The number of thioether (sulfide) groups is 1. The van der Waals surface area contributed by atoms with Gasteiger partial charge in [-0.05, 0) is 30.0 Å². The Morgan fingerprint density at radius 2 is 1.92 bits per heavy atom. The predicted octanol–water partition coefficient (Wildman–Crippen LogP) is 5.04. The molecule has 2 aliphatic rings. The van der Waals surface area contributed by atoms with Gasteiger partial charge in [-0.25, -0.2) is 0 Å². The highest BCUT2D eigenvalue weighted by molar-refractivity contribution is 8.15. The third kappa shape index (κ3) is 4.66. The molecule has 1 aromatic heterocycles. The lowest BCUT2D eigenvalue weighted by molar-refractivity contribution is -0.118. The normalized spacial score (nSPS) is 21.1. The Kier molecular flexibility index (Phi) is 6.19. The van der Waals surface area contributed by atoms with Crippen molar-refractivity contribution in [2.75, 3.05) is 0 Å². The van der Waals surface area contributed by atoms with Crippen LogP contribution in [-0.2, 0) is 11.2 Å². The number of hydrogen-bond donors (Lipinski definition) is 2. The summed E-state index contributed by atoms with van der Waals surface area (Å²) in [4.78, 5) is 25.7. The van der Waals surface area contributed by atoms with Crippen LogP contribution < -0.4 is 5.32 Å². The zero-order chi connectivity index (χ0) is 17.6. The second-order valence-electron chi connectivity index (χ2n) is 6.86. The van der Waals surface area contributed by atoms with Crippen LogP contribution in [0.15, 0.2) is 30.5 Å². The van der Waals surface area contributed by atoms with Crippen LogP contribution in [0.2, 0.25) is 0 Å². The molecule has 2 fully saturated rings. The zero-order valence-electron chi connectivity index (χ0n) is 14.7. The van der Waals surface area contributed by atoms with Crippen molar-refractivity contribution in [2.45, 2.75) is 57.1 Å². The molecule has 2 amide bonds. The van der Waals surface area contributed by atoms with Gasteiger partial charge < -0.3 is 4.98 Å². The largest absolute Gasteiger partial charge is 0.361 e. The van der Waals surface area contributed by atoms with Crippen molar-refractivity contribution < 1.29 is 9.59 Å². The second-order valence-corrected chi connectivity index (χ2v) is 8.03. The molecule has 0 radical (unpaired) electrons.